The van der Waals surface area contributed by atoms with Crippen molar-refractivity contribution in [3.05, 3.63) is 30.1 Å². The maximum atomic E-state index is 12.6. The number of hydrogen-bond donors (Lipinski definition) is 1. The molecule has 1 atom stereocenters. The molecule has 1 saturated carbocycles. The molecule has 0 spiro atoms. The van der Waals surface area contributed by atoms with E-state index in [1.54, 1.807) is 12.4 Å². The lowest BCUT2D eigenvalue weighted by Gasteiger charge is -2.30. The first-order valence-corrected chi connectivity index (χ1v) is 8.44. The number of aromatic nitrogens is 1. The minimum absolute atomic E-state index is 0.0854. The molecule has 0 radical (unpaired) electrons. The molecule has 5 nitrogen and oxygen atoms in total. The molecule has 2 heterocycles. The van der Waals surface area contributed by atoms with Crippen LogP contribution in [0, 0.1) is 0 Å². The molecular weight excluding hydrogens is 276 g/mol. The molecular formula is C17H26N4O. The average molecular weight is 302 g/mol. The molecule has 22 heavy (non-hydrogen) atoms. The molecule has 2 amide bonds. The van der Waals surface area contributed by atoms with E-state index in [4.69, 9.17) is 0 Å². The van der Waals surface area contributed by atoms with Gasteiger partial charge in [-0.05, 0) is 56.5 Å². The van der Waals surface area contributed by atoms with Gasteiger partial charge < -0.3 is 10.2 Å². The highest BCUT2D eigenvalue weighted by Gasteiger charge is 2.30. The minimum atomic E-state index is 0.0854. The van der Waals surface area contributed by atoms with E-state index in [-0.39, 0.29) is 6.03 Å². The molecule has 1 aliphatic carbocycles. The molecule has 5 heteroatoms. The Morgan fingerprint density at radius 3 is 2.82 bits per heavy atom. The topological polar surface area (TPSA) is 48.5 Å². The van der Waals surface area contributed by atoms with Gasteiger partial charge in [0.05, 0.1) is 0 Å². The monoisotopic (exact) mass is 302 g/mol. The fourth-order valence-electron chi connectivity index (χ4n) is 3.19. The molecule has 1 aliphatic heterocycles. The summed E-state index contributed by atoms with van der Waals surface area (Å²) in [6.07, 6.45) is 8.27. The van der Waals surface area contributed by atoms with Crippen LogP contribution in [0.5, 0.6) is 0 Å². The average Bonchev–Trinajstić information content (AvgIpc) is 3.23. The number of likely N-dealkylation sites (N-methyl/N-ethyl adjacent to an activating group) is 1. The van der Waals surface area contributed by atoms with E-state index in [0.717, 1.165) is 38.0 Å². The smallest absolute Gasteiger partial charge is 0.317 e. The van der Waals surface area contributed by atoms with Crippen LogP contribution in [-0.4, -0.2) is 52.5 Å². The highest BCUT2D eigenvalue weighted by Crippen LogP contribution is 2.21. The van der Waals surface area contributed by atoms with Crippen LogP contribution >= 0.6 is 0 Å². The Morgan fingerprint density at radius 1 is 1.36 bits per heavy atom. The van der Waals surface area contributed by atoms with Gasteiger partial charge in [-0.15, -0.1) is 0 Å². The number of carbonyl (C=O) groups excluding carboxylic acids is 1. The van der Waals surface area contributed by atoms with Crippen molar-refractivity contribution in [3.63, 3.8) is 0 Å². The molecule has 1 aromatic heterocycles. The summed E-state index contributed by atoms with van der Waals surface area (Å²) in [5.74, 6) is 0. The van der Waals surface area contributed by atoms with Gasteiger partial charge >= 0.3 is 6.03 Å². The highest BCUT2D eigenvalue weighted by atomic mass is 16.2. The Hall–Kier alpha value is -1.62. The van der Waals surface area contributed by atoms with Gasteiger partial charge in [-0.2, -0.15) is 0 Å². The number of urea groups is 1. The Labute approximate surface area is 132 Å². The van der Waals surface area contributed by atoms with Gasteiger partial charge in [0.2, 0.25) is 0 Å². The van der Waals surface area contributed by atoms with Crippen molar-refractivity contribution in [1.82, 2.24) is 20.1 Å². The van der Waals surface area contributed by atoms with E-state index in [9.17, 15) is 4.79 Å². The van der Waals surface area contributed by atoms with Crippen molar-refractivity contribution in [3.8, 4) is 0 Å². The molecule has 120 valence electrons. The van der Waals surface area contributed by atoms with Crippen LogP contribution in [-0.2, 0) is 6.54 Å². The highest BCUT2D eigenvalue weighted by molar-refractivity contribution is 5.75. The summed E-state index contributed by atoms with van der Waals surface area (Å²) in [6, 6.07) is 4.96. The van der Waals surface area contributed by atoms with Crippen LogP contribution < -0.4 is 5.32 Å². The third kappa shape index (κ3) is 3.97. The van der Waals surface area contributed by atoms with E-state index in [2.05, 4.69) is 22.1 Å². The van der Waals surface area contributed by atoms with Gasteiger partial charge in [-0.1, -0.05) is 6.92 Å². The Kier molecular flexibility index (Phi) is 4.93. The zero-order valence-corrected chi connectivity index (χ0v) is 13.4. The van der Waals surface area contributed by atoms with E-state index < -0.39 is 0 Å². The molecule has 1 saturated heterocycles. The Bertz CT molecular complexity index is 489. The van der Waals surface area contributed by atoms with Crippen LogP contribution in [0.15, 0.2) is 24.5 Å². The molecule has 1 N–H and O–H groups in total. The number of nitrogens with one attached hydrogen (secondary N) is 1. The standard InChI is InChI=1S/C17H26N4O/c1-2-20-11-3-4-16(20)13-21(17(22)19-15-5-6-15)12-14-7-9-18-10-8-14/h7-10,15-16H,2-6,11-13H2,1H3,(H,19,22)/t16-/m0/s1. The van der Waals surface area contributed by atoms with Gasteiger partial charge in [0.25, 0.3) is 0 Å². The molecule has 3 rings (SSSR count). The number of likely N-dealkylation sites (tertiary alicyclic amines) is 1. The van der Waals surface area contributed by atoms with Gasteiger partial charge in [0.1, 0.15) is 0 Å². The first-order valence-electron chi connectivity index (χ1n) is 8.44. The van der Waals surface area contributed by atoms with Crippen molar-refractivity contribution < 1.29 is 4.79 Å². The van der Waals surface area contributed by atoms with Crippen LogP contribution in [0.2, 0.25) is 0 Å². The van der Waals surface area contributed by atoms with Crippen LogP contribution in [0.4, 0.5) is 4.79 Å². The predicted octanol–water partition coefficient (Wildman–Crippen LogP) is 2.24. The van der Waals surface area contributed by atoms with Crippen LogP contribution in [0.1, 0.15) is 38.2 Å². The van der Waals surface area contributed by atoms with Gasteiger partial charge in [0.15, 0.2) is 0 Å². The summed E-state index contributed by atoms with van der Waals surface area (Å²) < 4.78 is 0. The largest absolute Gasteiger partial charge is 0.335 e. The van der Waals surface area contributed by atoms with Crippen molar-refractivity contribution in [2.75, 3.05) is 19.6 Å². The molecule has 2 fully saturated rings. The van der Waals surface area contributed by atoms with Crippen LogP contribution in [0.3, 0.4) is 0 Å². The molecule has 0 bridgehead atoms. The maximum absolute atomic E-state index is 12.6. The second-order valence-electron chi connectivity index (χ2n) is 6.38. The Balaban J connectivity index is 1.66. The number of amides is 2. The van der Waals surface area contributed by atoms with E-state index in [1.165, 1.54) is 12.8 Å². The van der Waals surface area contributed by atoms with Gasteiger partial charge in [0, 0.05) is 37.6 Å². The number of carbonyl (C=O) groups is 1. The first kappa shape index (κ1) is 15.3. The zero-order chi connectivity index (χ0) is 15.4. The second-order valence-corrected chi connectivity index (χ2v) is 6.38. The summed E-state index contributed by atoms with van der Waals surface area (Å²) in [5.41, 5.74) is 1.14. The summed E-state index contributed by atoms with van der Waals surface area (Å²) >= 11 is 0. The second kappa shape index (κ2) is 7.09. The Morgan fingerprint density at radius 2 is 2.14 bits per heavy atom. The van der Waals surface area contributed by atoms with Crippen molar-refractivity contribution in [2.45, 2.75) is 51.2 Å². The summed E-state index contributed by atoms with van der Waals surface area (Å²) in [4.78, 5) is 21.1. The van der Waals surface area contributed by atoms with E-state index in [0.29, 0.717) is 18.6 Å². The quantitative estimate of drug-likeness (QED) is 0.877. The minimum Gasteiger partial charge on any atom is -0.335 e. The zero-order valence-electron chi connectivity index (χ0n) is 13.4. The van der Waals surface area contributed by atoms with Crippen molar-refractivity contribution in [1.29, 1.82) is 0 Å². The first-order chi connectivity index (χ1) is 10.8. The third-order valence-electron chi connectivity index (χ3n) is 4.65. The fourth-order valence-corrected chi connectivity index (χ4v) is 3.19. The van der Waals surface area contributed by atoms with Crippen LogP contribution in [0.25, 0.3) is 0 Å². The molecule has 0 unspecified atom stereocenters. The number of pyridine rings is 1. The summed E-state index contributed by atoms with van der Waals surface area (Å²) in [5, 5.41) is 3.13. The summed E-state index contributed by atoms with van der Waals surface area (Å²) in [7, 11) is 0. The van der Waals surface area contributed by atoms with Crippen molar-refractivity contribution in [2.24, 2.45) is 0 Å². The number of rotatable bonds is 6. The summed E-state index contributed by atoms with van der Waals surface area (Å²) in [6.45, 7) is 5.91. The maximum Gasteiger partial charge on any atom is 0.317 e. The van der Waals surface area contributed by atoms with Gasteiger partial charge in [-0.3, -0.25) is 9.88 Å². The molecule has 2 aliphatic rings. The van der Waals surface area contributed by atoms with Gasteiger partial charge in [-0.25, -0.2) is 4.79 Å². The van der Waals surface area contributed by atoms with Crippen molar-refractivity contribution >= 4 is 6.03 Å². The fraction of sp³-hybridized carbons (Fsp3) is 0.647. The SMILES string of the molecule is CCN1CCC[C@H]1CN(Cc1ccncc1)C(=O)NC1CC1. The molecule has 0 aromatic carbocycles. The number of nitrogens with zero attached hydrogens (tertiary/aromatic N) is 3. The third-order valence-corrected chi connectivity index (χ3v) is 4.65. The number of hydrogen-bond acceptors (Lipinski definition) is 3. The normalized spacial score (nSPS) is 21.8. The lowest BCUT2D eigenvalue weighted by atomic mass is 10.2. The lowest BCUT2D eigenvalue weighted by molar-refractivity contribution is 0.164. The van der Waals surface area contributed by atoms with E-state index >= 15 is 0 Å². The van der Waals surface area contributed by atoms with E-state index in [1.807, 2.05) is 17.0 Å². The molecule has 1 aromatic rings. The predicted molar refractivity (Wildman–Crippen MR) is 86.5 cm³/mol. The lowest BCUT2D eigenvalue weighted by Crippen LogP contribution is -2.47.